The average molecular weight is 470 g/mol. The molecule has 0 radical (unpaired) electrons. The fourth-order valence-electron chi connectivity index (χ4n) is 3.67. The van der Waals surface area contributed by atoms with Gasteiger partial charge in [-0.25, -0.2) is 9.97 Å². The monoisotopic (exact) mass is 469 g/mol. The Morgan fingerprint density at radius 3 is 2.49 bits per heavy atom. The largest absolute Gasteiger partial charge is 0.349 e. The van der Waals surface area contributed by atoms with Crippen LogP contribution in [0.1, 0.15) is 23.0 Å². The summed E-state index contributed by atoms with van der Waals surface area (Å²) in [7, 11) is 1.83. The van der Waals surface area contributed by atoms with Crippen molar-refractivity contribution in [1.29, 1.82) is 0 Å². The number of aryl methyl sites for hydroxylation is 1. The molecule has 35 heavy (non-hydrogen) atoms. The lowest BCUT2D eigenvalue weighted by molar-refractivity contribution is -0.114. The van der Waals surface area contributed by atoms with Gasteiger partial charge in [-0.3, -0.25) is 9.59 Å². The Balaban J connectivity index is 1.72. The molecule has 0 atom stereocenters. The highest BCUT2D eigenvalue weighted by Gasteiger charge is 2.18. The summed E-state index contributed by atoms with van der Waals surface area (Å²) in [6.07, 6.45) is 1.68. The van der Waals surface area contributed by atoms with E-state index in [2.05, 4.69) is 36.2 Å². The lowest BCUT2D eigenvalue weighted by Gasteiger charge is -2.13. The van der Waals surface area contributed by atoms with Crippen LogP contribution in [0.2, 0.25) is 0 Å². The topological polar surface area (TPSA) is 121 Å². The maximum absolute atomic E-state index is 13.1. The Morgan fingerprint density at radius 2 is 1.71 bits per heavy atom. The number of amides is 2. The van der Waals surface area contributed by atoms with Crippen LogP contribution in [0.15, 0.2) is 60.8 Å². The molecular weight excluding hydrogens is 442 g/mol. The predicted molar refractivity (Wildman–Crippen MR) is 138 cm³/mol. The molecule has 0 fully saturated rings. The molecule has 4 aromatic rings. The lowest BCUT2D eigenvalue weighted by atomic mass is 9.98. The zero-order valence-electron chi connectivity index (χ0n) is 19.8. The number of fused-ring (bicyclic) bond motifs is 1. The summed E-state index contributed by atoms with van der Waals surface area (Å²) < 4.78 is 0. The fourth-order valence-corrected chi connectivity index (χ4v) is 3.67. The molecule has 0 aliphatic rings. The smallest absolute Gasteiger partial charge is 0.270 e. The molecule has 4 N–H and O–H groups in total. The summed E-state index contributed by atoms with van der Waals surface area (Å²) in [5.41, 5.74) is 4.76. The summed E-state index contributed by atoms with van der Waals surface area (Å²) in [6, 6.07) is 17.0. The first-order chi connectivity index (χ1) is 16.9. The van der Waals surface area contributed by atoms with Crippen LogP contribution in [0, 0.1) is 6.92 Å². The Labute approximate surface area is 203 Å². The van der Waals surface area contributed by atoms with Crippen molar-refractivity contribution in [3.8, 4) is 11.1 Å². The van der Waals surface area contributed by atoms with E-state index in [1.807, 2.05) is 56.4 Å². The standard InChI is InChI=1S/C26H27N7O2/c1-16-7-4-5-10-21(16)22-13-18-15-29-26(31-20-9-6-8-19(14-20)30-17(2)34)33-24(18)32-23(22)25(35)28-12-11-27-3/h4-10,13-15,27H,11-12H2,1-3H3,(H,28,35)(H,30,34)(H,29,31,32,33). The van der Waals surface area contributed by atoms with Gasteiger partial charge >= 0.3 is 0 Å². The number of hydrogen-bond acceptors (Lipinski definition) is 7. The molecule has 9 nitrogen and oxygen atoms in total. The molecule has 2 amide bonds. The third-order valence-electron chi connectivity index (χ3n) is 5.32. The number of benzene rings is 2. The minimum Gasteiger partial charge on any atom is -0.349 e. The van der Waals surface area contributed by atoms with Gasteiger partial charge in [-0.15, -0.1) is 0 Å². The van der Waals surface area contributed by atoms with Gasteiger partial charge in [-0.2, -0.15) is 4.98 Å². The van der Waals surface area contributed by atoms with Crippen molar-refractivity contribution in [3.05, 3.63) is 72.1 Å². The molecule has 178 valence electrons. The Bertz CT molecular complexity index is 1390. The van der Waals surface area contributed by atoms with Crippen LogP contribution in [0.25, 0.3) is 22.2 Å². The number of aromatic nitrogens is 3. The number of anilines is 3. The van der Waals surface area contributed by atoms with E-state index >= 15 is 0 Å². The van der Waals surface area contributed by atoms with Gasteiger partial charge in [0.05, 0.1) is 0 Å². The van der Waals surface area contributed by atoms with Gasteiger partial charge < -0.3 is 21.3 Å². The van der Waals surface area contributed by atoms with Gasteiger partial charge in [0.2, 0.25) is 11.9 Å². The number of hydrogen-bond donors (Lipinski definition) is 4. The summed E-state index contributed by atoms with van der Waals surface area (Å²) in [6.45, 7) is 4.58. The Hall–Kier alpha value is -4.37. The highest BCUT2D eigenvalue weighted by atomic mass is 16.2. The molecule has 0 spiro atoms. The van der Waals surface area contributed by atoms with Crippen LogP contribution >= 0.6 is 0 Å². The molecule has 9 heteroatoms. The number of carbonyl (C=O) groups is 2. The summed E-state index contributed by atoms with van der Waals surface area (Å²) in [4.78, 5) is 38.0. The average Bonchev–Trinajstić information content (AvgIpc) is 2.83. The van der Waals surface area contributed by atoms with Crippen LogP contribution in [0.5, 0.6) is 0 Å². The lowest BCUT2D eigenvalue weighted by Crippen LogP contribution is -2.31. The first kappa shape index (κ1) is 23.8. The van der Waals surface area contributed by atoms with E-state index in [0.717, 1.165) is 16.7 Å². The second kappa shape index (κ2) is 10.7. The molecule has 0 bridgehead atoms. The van der Waals surface area contributed by atoms with Crippen molar-refractivity contribution in [1.82, 2.24) is 25.6 Å². The third kappa shape index (κ3) is 5.77. The van der Waals surface area contributed by atoms with Crippen LogP contribution in [-0.2, 0) is 4.79 Å². The van der Waals surface area contributed by atoms with E-state index in [1.54, 1.807) is 18.3 Å². The predicted octanol–water partition coefficient (Wildman–Crippen LogP) is 3.65. The Morgan fingerprint density at radius 1 is 0.914 bits per heavy atom. The van der Waals surface area contributed by atoms with Gasteiger partial charge in [0.25, 0.3) is 5.91 Å². The number of likely N-dealkylation sites (N-methyl/N-ethyl adjacent to an activating group) is 1. The maximum atomic E-state index is 13.1. The van der Waals surface area contributed by atoms with Gasteiger partial charge in [0.1, 0.15) is 5.69 Å². The number of carbonyl (C=O) groups excluding carboxylic acids is 2. The zero-order valence-corrected chi connectivity index (χ0v) is 19.8. The van der Waals surface area contributed by atoms with Crippen LogP contribution in [0.3, 0.4) is 0 Å². The van der Waals surface area contributed by atoms with Crippen molar-refractivity contribution < 1.29 is 9.59 Å². The molecule has 0 aliphatic heterocycles. The molecule has 0 aliphatic carbocycles. The van der Waals surface area contributed by atoms with E-state index in [-0.39, 0.29) is 11.8 Å². The third-order valence-corrected chi connectivity index (χ3v) is 5.32. The van der Waals surface area contributed by atoms with Crippen molar-refractivity contribution in [2.45, 2.75) is 13.8 Å². The molecule has 0 saturated carbocycles. The molecule has 4 rings (SSSR count). The fraction of sp³-hybridized carbons (Fsp3) is 0.192. The van der Waals surface area contributed by atoms with E-state index in [4.69, 9.17) is 0 Å². The molecule has 2 heterocycles. The highest BCUT2D eigenvalue weighted by molar-refractivity contribution is 6.02. The number of nitrogens with one attached hydrogen (secondary N) is 4. The molecular formula is C26H27N7O2. The van der Waals surface area contributed by atoms with Gasteiger partial charge in [-0.1, -0.05) is 30.3 Å². The summed E-state index contributed by atoms with van der Waals surface area (Å²) in [5, 5.41) is 12.5. The second-order valence-electron chi connectivity index (χ2n) is 8.05. The first-order valence-corrected chi connectivity index (χ1v) is 11.3. The molecule has 0 unspecified atom stereocenters. The zero-order chi connectivity index (χ0) is 24.8. The van der Waals surface area contributed by atoms with E-state index in [1.165, 1.54) is 6.92 Å². The van der Waals surface area contributed by atoms with Crippen LogP contribution in [-0.4, -0.2) is 46.9 Å². The molecule has 2 aromatic heterocycles. The van der Waals surface area contributed by atoms with Gasteiger partial charge in [-0.05, 0) is 49.4 Å². The molecule has 2 aromatic carbocycles. The minimum absolute atomic E-state index is 0.154. The number of nitrogens with zero attached hydrogens (tertiary/aromatic N) is 3. The van der Waals surface area contributed by atoms with E-state index in [0.29, 0.717) is 47.1 Å². The summed E-state index contributed by atoms with van der Waals surface area (Å²) >= 11 is 0. The van der Waals surface area contributed by atoms with Crippen molar-refractivity contribution >= 4 is 40.2 Å². The highest BCUT2D eigenvalue weighted by Crippen LogP contribution is 2.29. The van der Waals surface area contributed by atoms with Crippen molar-refractivity contribution in [3.63, 3.8) is 0 Å². The van der Waals surface area contributed by atoms with Crippen LogP contribution < -0.4 is 21.3 Å². The quantitative estimate of drug-likeness (QED) is 0.291. The van der Waals surface area contributed by atoms with Gasteiger partial charge in [0.15, 0.2) is 5.65 Å². The first-order valence-electron chi connectivity index (χ1n) is 11.3. The Kier molecular flexibility index (Phi) is 7.27. The van der Waals surface area contributed by atoms with Crippen LogP contribution in [0.4, 0.5) is 17.3 Å². The van der Waals surface area contributed by atoms with Gasteiger partial charge in [0, 0.05) is 48.5 Å². The van der Waals surface area contributed by atoms with Crippen molar-refractivity contribution in [2.24, 2.45) is 0 Å². The summed E-state index contributed by atoms with van der Waals surface area (Å²) in [5.74, 6) is -0.0926. The number of rotatable bonds is 8. The van der Waals surface area contributed by atoms with E-state index < -0.39 is 0 Å². The number of pyridine rings is 1. The van der Waals surface area contributed by atoms with E-state index in [9.17, 15) is 9.59 Å². The van der Waals surface area contributed by atoms with Crippen molar-refractivity contribution in [2.75, 3.05) is 30.8 Å². The minimum atomic E-state index is -0.267. The SMILES string of the molecule is CNCCNC(=O)c1nc2nc(Nc3cccc(NC(C)=O)c3)ncc2cc1-c1ccccc1C. The molecule has 0 saturated heterocycles. The second-order valence-corrected chi connectivity index (χ2v) is 8.05. The maximum Gasteiger partial charge on any atom is 0.270 e. The normalized spacial score (nSPS) is 10.7.